The van der Waals surface area contributed by atoms with Gasteiger partial charge in [-0.3, -0.25) is 4.79 Å². The van der Waals surface area contributed by atoms with Crippen molar-refractivity contribution in [2.24, 2.45) is 7.05 Å². The minimum absolute atomic E-state index is 0.0375. The monoisotopic (exact) mass is 396 g/mol. The predicted octanol–water partition coefficient (Wildman–Crippen LogP) is 1.85. The van der Waals surface area contributed by atoms with Crippen LogP contribution in [0.2, 0.25) is 0 Å². The van der Waals surface area contributed by atoms with Gasteiger partial charge in [0, 0.05) is 59.4 Å². The van der Waals surface area contributed by atoms with Gasteiger partial charge in [0.2, 0.25) is 5.91 Å². The number of ether oxygens (including phenoxy) is 2. The van der Waals surface area contributed by atoms with Crippen LogP contribution in [0.4, 0.5) is 4.79 Å². The lowest BCUT2D eigenvalue weighted by Gasteiger charge is -2.28. The number of hydrogen-bond donors (Lipinski definition) is 1. The minimum Gasteiger partial charge on any atom is -0.385 e. The average molecular weight is 397 g/mol. The Morgan fingerprint density at radius 3 is 2.46 bits per heavy atom. The molecule has 0 aliphatic carbocycles. The van der Waals surface area contributed by atoms with Crippen molar-refractivity contribution in [3.8, 4) is 0 Å². The fourth-order valence-electron chi connectivity index (χ4n) is 2.75. The molecule has 0 aliphatic heterocycles. The van der Waals surface area contributed by atoms with Gasteiger partial charge >= 0.3 is 6.03 Å². The highest BCUT2D eigenvalue weighted by atomic mass is 16.5. The molecule has 1 heterocycles. The molecule has 0 atom stereocenters. The highest BCUT2D eigenvalue weighted by molar-refractivity contribution is 5.84. The molecule has 160 valence electrons. The second-order valence-electron chi connectivity index (χ2n) is 6.77. The van der Waals surface area contributed by atoms with Crippen LogP contribution in [0, 0.1) is 0 Å². The first-order valence-corrected chi connectivity index (χ1v) is 9.92. The summed E-state index contributed by atoms with van der Waals surface area (Å²) in [6.07, 6.45) is 4.55. The molecule has 0 aliphatic rings. The van der Waals surface area contributed by atoms with Crippen LogP contribution >= 0.6 is 0 Å². The van der Waals surface area contributed by atoms with Crippen LogP contribution in [-0.2, 0) is 27.9 Å². The SMILES string of the molecule is CCCCNC(=O)N(CCCOC)CC(=O)N(CCOC)Cc1cccn1C. The van der Waals surface area contributed by atoms with Crippen molar-refractivity contribution in [1.82, 2.24) is 19.7 Å². The van der Waals surface area contributed by atoms with Crippen molar-refractivity contribution >= 4 is 11.9 Å². The smallest absolute Gasteiger partial charge is 0.317 e. The summed E-state index contributed by atoms with van der Waals surface area (Å²) < 4.78 is 12.2. The summed E-state index contributed by atoms with van der Waals surface area (Å²) >= 11 is 0. The van der Waals surface area contributed by atoms with Crippen LogP contribution in [-0.4, -0.2) is 79.9 Å². The maximum atomic E-state index is 13.0. The summed E-state index contributed by atoms with van der Waals surface area (Å²) in [5.74, 6) is -0.0960. The topological polar surface area (TPSA) is 76.0 Å². The Labute approximate surface area is 168 Å². The third-order valence-electron chi connectivity index (χ3n) is 4.52. The lowest BCUT2D eigenvalue weighted by molar-refractivity contribution is -0.133. The molecular weight excluding hydrogens is 360 g/mol. The Morgan fingerprint density at radius 1 is 1.11 bits per heavy atom. The number of carbonyl (C=O) groups is 2. The van der Waals surface area contributed by atoms with Gasteiger partial charge < -0.3 is 29.2 Å². The summed E-state index contributed by atoms with van der Waals surface area (Å²) in [4.78, 5) is 28.8. The van der Waals surface area contributed by atoms with E-state index in [9.17, 15) is 9.59 Å². The van der Waals surface area contributed by atoms with Crippen molar-refractivity contribution in [2.75, 3.05) is 53.6 Å². The standard InChI is InChI=1S/C20H36N4O4/c1-5-6-10-21-20(26)24(12-8-14-27-3)17-19(25)23(13-15-28-4)16-18-9-7-11-22(18)2/h7,9,11H,5-6,8,10,12-17H2,1-4H3,(H,21,26). The van der Waals surface area contributed by atoms with E-state index in [1.165, 1.54) is 0 Å². The highest BCUT2D eigenvalue weighted by Crippen LogP contribution is 2.07. The molecule has 0 saturated heterocycles. The van der Waals surface area contributed by atoms with Gasteiger partial charge in [0.15, 0.2) is 0 Å². The maximum Gasteiger partial charge on any atom is 0.317 e. The van der Waals surface area contributed by atoms with Crippen LogP contribution in [0.25, 0.3) is 0 Å². The van der Waals surface area contributed by atoms with E-state index >= 15 is 0 Å². The maximum absolute atomic E-state index is 13.0. The fourth-order valence-corrected chi connectivity index (χ4v) is 2.75. The largest absolute Gasteiger partial charge is 0.385 e. The van der Waals surface area contributed by atoms with Gasteiger partial charge in [0.1, 0.15) is 6.54 Å². The molecule has 28 heavy (non-hydrogen) atoms. The number of aryl methyl sites for hydroxylation is 1. The Hall–Kier alpha value is -2.06. The first-order valence-electron chi connectivity index (χ1n) is 9.92. The first kappa shape index (κ1) is 24.0. The molecule has 0 fully saturated rings. The Balaban J connectivity index is 2.77. The van der Waals surface area contributed by atoms with Gasteiger partial charge in [0.25, 0.3) is 0 Å². The minimum atomic E-state index is -0.205. The molecule has 1 N–H and O–H groups in total. The highest BCUT2D eigenvalue weighted by Gasteiger charge is 2.21. The predicted molar refractivity (Wildman–Crippen MR) is 109 cm³/mol. The van der Waals surface area contributed by atoms with E-state index in [4.69, 9.17) is 9.47 Å². The van der Waals surface area contributed by atoms with E-state index in [0.29, 0.717) is 45.8 Å². The number of aromatic nitrogens is 1. The van der Waals surface area contributed by atoms with Crippen LogP contribution in [0.5, 0.6) is 0 Å². The van der Waals surface area contributed by atoms with Gasteiger partial charge in [-0.05, 0) is 25.0 Å². The molecule has 0 radical (unpaired) electrons. The zero-order valence-corrected chi connectivity index (χ0v) is 17.8. The van der Waals surface area contributed by atoms with Gasteiger partial charge in [0.05, 0.1) is 13.2 Å². The average Bonchev–Trinajstić information content (AvgIpc) is 3.08. The second kappa shape index (κ2) is 14.0. The summed E-state index contributed by atoms with van der Waals surface area (Å²) in [5, 5.41) is 2.90. The number of amides is 3. The van der Waals surface area contributed by atoms with Crippen molar-refractivity contribution in [3.05, 3.63) is 24.0 Å². The number of hydrogen-bond acceptors (Lipinski definition) is 4. The van der Waals surface area contributed by atoms with Gasteiger partial charge in [-0.1, -0.05) is 13.3 Å². The zero-order chi connectivity index (χ0) is 20.8. The zero-order valence-electron chi connectivity index (χ0n) is 17.8. The molecule has 3 amide bonds. The number of nitrogens with one attached hydrogen (secondary N) is 1. The summed E-state index contributed by atoms with van der Waals surface area (Å²) in [6, 6.07) is 3.73. The molecule has 0 saturated carbocycles. The van der Waals surface area contributed by atoms with Gasteiger partial charge in [-0.2, -0.15) is 0 Å². The fraction of sp³-hybridized carbons (Fsp3) is 0.700. The Morgan fingerprint density at radius 2 is 1.86 bits per heavy atom. The lowest BCUT2D eigenvalue weighted by Crippen LogP contribution is -2.48. The molecule has 8 nitrogen and oxygen atoms in total. The summed E-state index contributed by atoms with van der Waals surface area (Å²) in [7, 11) is 5.19. The molecule has 0 bridgehead atoms. The number of carbonyl (C=O) groups excluding carboxylic acids is 2. The third kappa shape index (κ3) is 8.75. The van der Waals surface area contributed by atoms with Crippen molar-refractivity contribution in [3.63, 3.8) is 0 Å². The van der Waals surface area contributed by atoms with Crippen LogP contribution in [0.1, 0.15) is 31.9 Å². The van der Waals surface area contributed by atoms with Crippen LogP contribution in [0.15, 0.2) is 18.3 Å². The summed E-state index contributed by atoms with van der Waals surface area (Å²) in [6.45, 7) is 5.14. The first-order chi connectivity index (χ1) is 13.5. The molecule has 1 rings (SSSR count). The van der Waals surface area contributed by atoms with E-state index in [1.807, 2.05) is 29.9 Å². The van der Waals surface area contributed by atoms with E-state index in [-0.39, 0.29) is 18.5 Å². The van der Waals surface area contributed by atoms with E-state index < -0.39 is 0 Å². The molecule has 1 aromatic rings. The number of unbranched alkanes of at least 4 members (excludes halogenated alkanes) is 1. The third-order valence-corrected chi connectivity index (χ3v) is 4.52. The van der Waals surface area contributed by atoms with Crippen LogP contribution < -0.4 is 5.32 Å². The lowest BCUT2D eigenvalue weighted by atomic mass is 10.3. The Kier molecular flexibility index (Phi) is 12.0. The molecule has 0 spiro atoms. The van der Waals surface area contributed by atoms with E-state index in [0.717, 1.165) is 18.5 Å². The normalized spacial score (nSPS) is 10.7. The molecule has 8 heteroatoms. The van der Waals surface area contributed by atoms with Gasteiger partial charge in [-0.15, -0.1) is 0 Å². The molecular formula is C20H36N4O4. The van der Waals surface area contributed by atoms with Crippen LogP contribution in [0.3, 0.4) is 0 Å². The molecule has 0 aromatic carbocycles. The molecule has 1 aromatic heterocycles. The second-order valence-corrected chi connectivity index (χ2v) is 6.77. The number of methoxy groups -OCH3 is 2. The van der Waals surface area contributed by atoms with E-state index in [2.05, 4.69) is 12.2 Å². The van der Waals surface area contributed by atoms with Crippen molar-refractivity contribution < 1.29 is 19.1 Å². The molecule has 0 unspecified atom stereocenters. The van der Waals surface area contributed by atoms with Gasteiger partial charge in [-0.25, -0.2) is 4.79 Å². The Bertz CT molecular complexity index is 576. The number of urea groups is 1. The quantitative estimate of drug-likeness (QED) is 0.487. The van der Waals surface area contributed by atoms with Crippen molar-refractivity contribution in [2.45, 2.75) is 32.7 Å². The summed E-state index contributed by atoms with van der Waals surface area (Å²) in [5.41, 5.74) is 1.03. The van der Waals surface area contributed by atoms with E-state index in [1.54, 1.807) is 24.0 Å². The number of rotatable bonds is 14. The number of nitrogens with zero attached hydrogens (tertiary/aromatic N) is 3. The van der Waals surface area contributed by atoms with Crippen molar-refractivity contribution in [1.29, 1.82) is 0 Å².